The van der Waals surface area contributed by atoms with E-state index in [1.165, 1.54) is 58.0 Å². The Kier molecular flexibility index (Phi) is 4.48. The molecule has 2 rings (SSSR count). The van der Waals surface area contributed by atoms with Crippen LogP contribution >= 0.6 is 0 Å². The van der Waals surface area contributed by atoms with Crippen LogP contribution in [0.3, 0.4) is 0 Å². The molecule has 2 aliphatic carbocycles. The molecule has 100 valence electrons. The van der Waals surface area contributed by atoms with Crippen molar-refractivity contribution < 1.29 is 0 Å². The van der Waals surface area contributed by atoms with E-state index in [9.17, 15) is 0 Å². The minimum atomic E-state index is 0.343. The SMILES string of the molecule is CCN(CCC1CC1)C1(CN)CCC(C)CC1. The Morgan fingerprint density at radius 2 is 1.82 bits per heavy atom. The number of nitrogens with two attached hydrogens (primary N) is 1. The first kappa shape index (κ1) is 13.4. The van der Waals surface area contributed by atoms with E-state index in [2.05, 4.69) is 18.7 Å². The van der Waals surface area contributed by atoms with Crippen LogP contribution in [0.2, 0.25) is 0 Å². The molecule has 2 heteroatoms. The molecule has 0 radical (unpaired) electrons. The molecule has 2 nitrogen and oxygen atoms in total. The molecular weight excluding hydrogens is 208 g/mol. The largest absolute Gasteiger partial charge is 0.329 e. The molecule has 0 aromatic carbocycles. The second-order valence-corrected chi connectivity index (χ2v) is 6.42. The monoisotopic (exact) mass is 238 g/mol. The smallest absolute Gasteiger partial charge is 0.0331 e. The van der Waals surface area contributed by atoms with Gasteiger partial charge in [0.05, 0.1) is 0 Å². The molecule has 0 amide bonds. The summed E-state index contributed by atoms with van der Waals surface area (Å²) < 4.78 is 0. The van der Waals surface area contributed by atoms with Gasteiger partial charge in [-0.2, -0.15) is 0 Å². The number of hydrogen-bond donors (Lipinski definition) is 1. The van der Waals surface area contributed by atoms with Gasteiger partial charge >= 0.3 is 0 Å². The number of hydrogen-bond acceptors (Lipinski definition) is 2. The lowest BCUT2D eigenvalue weighted by atomic mass is 9.76. The maximum atomic E-state index is 6.14. The Hall–Kier alpha value is -0.0800. The Morgan fingerprint density at radius 1 is 1.18 bits per heavy atom. The van der Waals surface area contributed by atoms with Crippen molar-refractivity contribution in [3.63, 3.8) is 0 Å². The van der Waals surface area contributed by atoms with Gasteiger partial charge in [0.25, 0.3) is 0 Å². The Morgan fingerprint density at radius 3 is 2.29 bits per heavy atom. The van der Waals surface area contributed by atoms with Crippen LogP contribution in [-0.2, 0) is 0 Å². The van der Waals surface area contributed by atoms with Crippen molar-refractivity contribution in [3.05, 3.63) is 0 Å². The van der Waals surface area contributed by atoms with Crippen LogP contribution in [0.15, 0.2) is 0 Å². The zero-order chi connectivity index (χ0) is 12.3. The fraction of sp³-hybridized carbons (Fsp3) is 1.00. The van der Waals surface area contributed by atoms with Crippen LogP contribution in [0.4, 0.5) is 0 Å². The summed E-state index contributed by atoms with van der Waals surface area (Å²) in [4.78, 5) is 2.71. The van der Waals surface area contributed by atoms with Gasteiger partial charge in [-0.05, 0) is 57.0 Å². The zero-order valence-electron chi connectivity index (χ0n) is 11.8. The normalized spacial score (nSPS) is 34.2. The van der Waals surface area contributed by atoms with Crippen molar-refractivity contribution in [2.24, 2.45) is 17.6 Å². The highest BCUT2D eigenvalue weighted by Gasteiger charge is 2.38. The van der Waals surface area contributed by atoms with Crippen LogP contribution < -0.4 is 5.73 Å². The predicted molar refractivity (Wildman–Crippen MR) is 74.0 cm³/mol. The summed E-state index contributed by atoms with van der Waals surface area (Å²) in [6, 6.07) is 0. The lowest BCUT2D eigenvalue weighted by Gasteiger charge is -2.47. The first-order valence-corrected chi connectivity index (χ1v) is 7.65. The van der Waals surface area contributed by atoms with Crippen molar-refractivity contribution in [3.8, 4) is 0 Å². The summed E-state index contributed by atoms with van der Waals surface area (Å²) in [5, 5.41) is 0. The molecule has 0 saturated heterocycles. The lowest BCUT2D eigenvalue weighted by Crippen LogP contribution is -2.55. The standard InChI is InChI=1S/C15H30N2/c1-3-17(11-8-14-4-5-14)15(12-16)9-6-13(2)7-10-15/h13-14H,3-12,16H2,1-2H3. The van der Waals surface area contributed by atoms with Gasteiger partial charge in [-0.1, -0.05) is 26.7 Å². The number of likely N-dealkylation sites (N-methyl/N-ethyl adjacent to an activating group) is 1. The molecule has 0 aromatic rings. The zero-order valence-corrected chi connectivity index (χ0v) is 11.8. The second kappa shape index (κ2) is 5.71. The van der Waals surface area contributed by atoms with Gasteiger partial charge < -0.3 is 5.73 Å². The molecule has 0 atom stereocenters. The molecule has 0 heterocycles. The van der Waals surface area contributed by atoms with E-state index in [0.29, 0.717) is 5.54 Å². The van der Waals surface area contributed by atoms with Crippen LogP contribution in [0, 0.1) is 11.8 Å². The Balaban J connectivity index is 1.92. The van der Waals surface area contributed by atoms with E-state index >= 15 is 0 Å². The molecule has 0 aliphatic heterocycles. The highest BCUT2D eigenvalue weighted by molar-refractivity contribution is 4.95. The van der Waals surface area contributed by atoms with Gasteiger partial charge in [0.15, 0.2) is 0 Å². The molecule has 2 saturated carbocycles. The third kappa shape index (κ3) is 3.23. The average Bonchev–Trinajstić information content (AvgIpc) is 3.16. The molecule has 2 fully saturated rings. The molecule has 0 aromatic heterocycles. The highest BCUT2D eigenvalue weighted by atomic mass is 15.2. The van der Waals surface area contributed by atoms with E-state index in [1.54, 1.807) is 0 Å². The summed E-state index contributed by atoms with van der Waals surface area (Å²) in [5.74, 6) is 1.96. The van der Waals surface area contributed by atoms with E-state index < -0.39 is 0 Å². The minimum absolute atomic E-state index is 0.343. The van der Waals surface area contributed by atoms with Gasteiger partial charge in [0.1, 0.15) is 0 Å². The van der Waals surface area contributed by atoms with Crippen LogP contribution in [0.1, 0.15) is 58.8 Å². The fourth-order valence-electron chi connectivity index (χ4n) is 3.42. The third-order valence-electron chi connectivity index (χ3n) is 5.14. The second-order valence-electron chi connectivity index (χ2n) is 6.42. The van der Waals surface area contributed by atoms with Crippen LogP contribution in [0.5, 0.6) is 0 Å². The molecule has 2 aliphatic rings. The Bertz CT molecular complexity index is 227. The van der Waals surface area contributed by atoms with E-state index in [1.807, 2.05) is 0 Å². The van der Waals surface area contributed by atoms with E-state index in [-0.39, 0.29) is 0 Å². The molecule has 17 heavy (non-hydrogen) atoms. The molecule has 0 bridgehead atoms. The van der Waals surface area contributed by atoms with Crippen molar-refractivity contribution >= 4 is 0 Å². The predicted octanol–water partition coefficient (Wildman–Crippen LogP) is 3.02. The van der Waals surface area contributed by atoms with Crippen molar-refractivity contribution in [1.29, 1.82) is 0 Å². The highest BCUT2D eigenvalue weighted by Crippen LogP contribution is 2.38. The van der Waals surface area contributed by atoms with Gasteiger partial charge in [0, 0.05) is 12.1 Å². The minimum Gasteiger partial charge on any atom is -0.329 e. The van der Waals surface area contributed by atoms with Gasteiger partial charge in [-0.15, -0.1) is 0 Å². The van der Waals surface area contributed by atoms with Crippen LogP contribution in [-0.4, -0.2) is 30.1 Å². The quantitative estimate of drug-likeness (QED) is 0.771. The first-order chi connectivity index (χ1) is 8.20. The summed E-state index contributed by atoms with van der Waals surface area (Å²) in [6.07, 6.45) is 9.75. The molecule has 0 unspecified atom stereocenters. The van der Waals surface area contributed by atoms with E-state index in [0.717, 1.165) is 18.4 Å². The van der Waals surface area contributed by atoms with Crippen molar-refractivity contribution in [2.45, 2.75) is 64.3 Å². The first-order valence-electron chi connectivity index (χ1n) is 7.65. The maximum Gasteiger partial charge on any atom is 0.0331 e. The summed E-state index contributed by atoms with van der Waals surface area (Å²) in [5.41, 5.74) is 6.48. The molecule has 0 spiro atoms. The fourth-order valence-corrected chi connectivity index (χ4v) is 3.42. The van der Waals surface area contributed by atoms with Gasteiger partial charge in [0.2, 0.25) is 0 Å². The molecule has 2 N–H and O–H groups in total. The van der Waals surface area contributed by atoms with Gasteiger partial charge in [-0.3, -0.25) is 4.90 Å². The van der Waals surface area contributed by atoms with Crippen molar-refractivity contribution in [1.82, 2.24) is 4.90 Å². The number of rotatable bonds is 6. The van der Waals surface area contributed by atoms with Crippen molar-refractivity contribution in [2.75, 3.05) is 19.6 Å². The topological polar surface area (TPSA) is 29.3 Å². The Labute approximate surface area is 107 Å². The molecular formula is C15H30N2. The van der Waals surface area contributed by atoms with Crippen LogP contribution in [0.25, 0.3) is 0 Å². The third-order valence-corrected chi connectivity index (χ3v) is 5.14. The lowest BCUT2D eigenvalue weighted by molar-refractivity contribution is 0.0469. The average molecular weight is 238 g/mol. The van der Waals surface area contributed by atoms with Gasteiger partial charge in [-0.25, -0.2) is 0 Å². The summed E-state index contributed by atoms with van der Waals surface area (Å²) in [6.45, 7) is 8.02. The number of nitrogens with zero attached hydrogens (tertiary/aromatic N) is 1. The summed E-state index contributed by atoms with van der Waals surface area (Å²) in [7, 11) is 0. The summed E-state index contributed by atoms with van der Waals surface area (Å²) >= 11 is 0. The van der Waals surface area contributed by atoms with E-state index in [4.69, 9.17) is 5.73 Å². The maximum absolute atomic E-state index is 6.14.